The smallest absolute Gasteiger partial charge is 0.203 e. The highest BCUT2D eigenvalue weighted by molar-refractivity contribution is 8.13. The SMILES string of the molecule is CC(C)c1ccc(C=NN=C(N)SCc2csc(NN=Cc3ccc(C(C)C)cc3)n2)cc1. The van der Waals surface area contributed by atoms with E-state index in [1.54, 1.807) is 12.4 Å². The number of thiazole rings is 1. The molecule has 1 heterocycles. The number of amidine groups is 1. The predicted molar refractivity (Wildman–Crippen MR) is 145 cm³/mol. The van der Waals surface area contributed by atoms with Crippen molar-refractivity contribution in [1.29, 1.82) is 0 Å². The van der Waals surface area contributed by atoms with E-state index in [0.717, 1.165) is 22.0 Å². The Labute approximate surface area is 204 Å². The fourth-order valence-corrected chi connectivity index (χ4v) is 4.16. The molecule has 0 aliphatic rings. The van der Waals surface area contributed by atoms with Crippen LogP contribution in [0.5, 0.6) is 0 Å². The van der Waals surface area contributed by atoms with Gasteiger partial charge in [0, 0.05) is 11.1 Å². The molecule has 0 aliphatic heterocycles. The maximum absolute atomic E-state index is 5.97. The zero-order chi connectivity index (χ0) is 23.6. The normalized spacial score (nSPS) is 12.5. The molecule has 0 bridgehead atoms. The van der Waals surface area contributed by atoms with E-state index in [4.69, 9.17) is 5.73 Å². The third-order valence-electron chi connectivity index (χ3n) is 4.86. The first-order valence-electron chi connectivity index (χ1n) is 10.8. The van der Waals surface area contributed by atoms with Crippen LogP contribution in [0, 0.1) is 0 Å². The molecule has 0 radical (unpaired) electrons. The highest BCUT2D eigenvalue weighted by Gasteiger charge is 2.03. The first-order chi connectivity index (χ1) is 15.9. The molecule has 0 atom stereocenters. The van der Waals surface area contributed by atoms with Crippen molar-refractivity contribution in [3.8, 4) is 0 Å². The first kappa shape index (κ1) is 24.7. The van der Waals surface area contributed by atoms with E-state index in [0.29, 0.717) is 22.8 Å². The first-order valence-corrected chi connectivity index (χ1v) is 12.7. The third-order valence-corrected chi connectivity index (χ3v) is 6.48. The van der Waals surface area contributed by atoms with Gasteiger partial charge in [-0.2, -0.15) is 10.2 Å². The van der Waals surface area contributed by atoms with E-state index in [-0.39, 0.29) is 0 Å². The predicted octanol–water partition coefficient (Wildman–Crippen LogP) is 6.42. The molecule has 0 saturated carbocycles. The van der Waals surface area contributed by atoms with Gasteiger partial charge in [-0.25, -0.2) is 4.98 Å². The molecule has 3 rings (SSSR count). The van der Waals surface area contributed by atoms with Gasteiger partial charge in [0.15, 0.2) is 5.17 Å². The lowest BCUT2D eigenvalue weighted by Gasteiger charge is -2.04. The summed E-state index contributed by atoms with van der Waals surface area (Å²) >= 11 is 2.90. The lowest BCUT2D eigenvalue weighted by Crippen LogP contribution is -2.06. The summed E-state index contributed by atoms with van der Waals surface area (Å²) in [6.07, 6.45) is 3.50. The highest BCUT2D eigenvalue weighted by atomic mass is 32.2. The van der Waals surface area contributed by atoms with Gasteiger partial charge in [0.2, 0.25) is 5.13 Å². The lowest BCUT2D eigenvalue weighted by atomic mass is 10.0. The fraction of sp³-hybridized carbons (Fsp3) is 0.280. The number of hydrogen-bond acceptors (Lipinski definition) is 7. The van der Waals surface area contributed by atoms with Crippen molar-refractivity contribution < 1.29 is 0 Å². The summed E-state index contributed by atoms with van der Waals surface area (Å²) in [6.45, 7) is 8.71. The van der Waals surface area contributed by atoms with Crippen molar-refractivity contribution >= 4 is 45.8 Å². The molecule has 172 valence electrons. The summed E-state index contributed by atoms with van der Waals surface area (Å²) in [7, 11) is 0. The second-order valence-corrected chi connectivity index (χ2v) is 9.98. The van der Waals surface area contributed by atoms with Crippen molar-refractivity contribution in [1.82, 2.24) is 4.98 Å². The Hall–Kier alpha value is -2.97. The van der Waals surface area contributed by atoms with Gasteiger partial charge in [-0.1, -0.05) is 88.0 Å². The van der Waals surface area contributed by atoms with Gasteiger partial charge in [-0.15, -0.1) is 16.4 Å². The number of nitrogens with two attached hydrogens (primary N) is 1. The van der Waals surface area contributed by atoms with Gasteiger partial charge in [-0.05, 0) is 34.1 Å². The van der Waals surface area contributed by atoms with Crippen LogP contribution in [-0.4, -0.2) is 22.6 Å². The molecule has 8 heteroatoms. The van der Waals surface area contributed by atoms with E-state index >= 15 is 0 Å². The number of aromatic nitrogens is 1. The molecule has 33 heavy (non-hydrogen) atoms. The van der Waals surface area contributed by atoms with E-state index < -0.39 is 0 Å². The summed E-state index contributed by atoms with van der Waals surface area (Å²) in [5.74, 6) is 1.65. The number of hydrazone groups is 1. The number of benzene rings is 2. The molecule has 0 saturated heterocycles. The quantitative estimate of drug-likeness (QED) is 0.211. The molecule has 0 aliphatic carbocycles. The van der Waals surface area contributed by atoms with Crippen LogP contribution in [0.3, 0.4) is 0 Å². The summed E-state index contributed by atoms with van der Waals surface area (Å²) in [5.41, 5.74) is 14.5. The average Bonchev–Trinajstić information content (AvgIpc) is 3.26. The standard InChI is InChI=1S/C25H30N6S2/c1-17(2)21-9-5-19(6-10-21)13-27-30-24(26)32-15-23-16-33-25(29-23)31-28-14-20-7-11-22(12-8-20)18(3)4/h5-14,16-18H,15H2,1-4H3,(H2,26,30)(H,29,31). The molecule has 0 amide bonds. The van der Waals surface area contributed by atoms with Crippen LogP contribution in [0.25, 0.3) is 0 Å². The Kier molecular flexibility index (Phi) is 9.21. The van der Waals surface area contributed by atoms with Crippen LogP contribution in [-0.2, 0) is 5.75 Å². The summed E-state index contributed by atoms with van der Waals surface area (Å²) in [4.78, 5) is 4.52. The van der Waals surface area contributed by atoms with Gasteiger partial charge in [-0.3, -0.25) is 5.43 Å². The molecular weight excluding hydrogens is 448 g/mol. The van der Waals surface area contributed by atoms with E-state index in [1.165, 1.54) is 34.2 Å². The van der Waals surface area contributed by atoms with E-state index in [2.05, 4.69) is 89.8 Å². The zero-order valence-corrected chi connectivity index (χ0v) is 21.0. The van der Waals surface area contributed by atoms with Crippen LogP contribution in [0.4, 0.5) is 5.13 Å². The Morgan fingerprint density at radius 1 is 0.970 bits per heavy atom. The Balaban J connectivity index is 1.44. The molecular formula is C25H30N6S2. The Bertz CT molecular complexity index is 1100. The number of nitrogens with one attached hydrogen (secondary N) is 1. The lowest BCUT2D eigenvalue weighted by molar-refractivity contribution is 0.866. The van der Waals surface area contributed by atoms with Gasteiger partial charge in [0.1, 0.15) is 0 Å². The number of anilines is 1. The van der Waals surface area contributed by atoms with Crippen molar-refractivity contribution in [3.63, 3.8) is 0 Å². The summed E-state index contributed by atoms with van der Waals surface area (Å²) in [5, 5.41) is 15.5. The van der Waals surface area contributed by atoms with E-state index in [1.807, 2.05) is 17.5 Å². The molecule has 6 nitrogen and oxygen atoms in total. The summed E-state index contributed by atoms with van der Waals surface area (Å²) < 4.78 is 0. The van der Waals surface area contributed by atoms with Crippen LogP contribution < -0.4 is 11.2 Å². The van der Waals surface area contributed by atoms with Crippen molar-refractivity contribution in [2.75, 3.05) is 5.43 Å². The van der Waals surface area contributed by atoms with Crippen molar-refractivity contribution in [3.05, 3.63) is 81.9 Å². The van der Waals surface area contributed by atoms with E-state index in [9.17, 15) is 0 Å². The Morgan fingerprint density at radius 2 is 1.55 bits per heavy atom. The fourth-order valence-electron chi connectivity index (χ4n) is 2.85. The van der Waals surface area contributed by atoms with Gasteiger partial charge >= 0.3 is 0 Å². The zero-order valence-electron chi connectivity index (χ0n) is 19.4. The number of hydrogen-bond donors (Lipinski definition) is 2. The average molecular weight is 479 g/mol. The topological polar surface area (TPSA) is 88.0 Å². The van der Waals surface area contributed by atoms with Crippen LogP contribution >= 0.6 is 23.1 Å². The molecule has 3 aromatic rings. The van der Waals surface area contributed by atoms with Crippen molar-refractivity contribution in [2.45, 2.75) is 45.3 Å². The maximum atomic E-state index is 5.97. The maximum Gasteiger partial charge on any atom is 0.203 e. The molecule has 2 aromatic carbocycles. The monoisotopic (exact) mass is 478 g/mol. The van der Waals surface area contributed by atoms with Gasteiger partial charge in [0.25, 0.3) is 0 Å². The highest BCUT2D eigenvalue weighted by Crippen LogP contribution is 2.20. The molecule has 1 aromatic heterocycles. The van der Waals surface area contributed by atoms with Crippen LogP contribution in [0.1, 0.15) is 67.5 Å². The van der Waals surface area contributed by atoms with Gasteiger partial charge < -0.3 is 5.73 Å². The minimum atomic E-state index is 0.399. The minimum absolute atomic E-state index is 0.399. The number of nitrogens with zero attached hydrogens (tertiary/aromatic N) is 4. The molecule has 0 unspecified atom stereocenters. The molecule has 0 fully saturated rings. The van der Waals surface area contributed by atoms with Crippen LogP contribution in [0.15, 0.2) is 69.2 Å². The summed E-state index contributed by atoms with van der Waals surface area (Å²) in [6, 6.07) is 16.7. The molecule has 3 N–H and O–H groups in total. The number of rotatable bonds is 9. The minimum Gasteiger partial charge on any atom is -0.377 e. The van der Waals surface area contributed by atoms with Gasteiger partial charge in [0.05, 0.1) is 18.1 Å². The second kappa shape index (κ2) is 12.3. The van der Waals surface area contributed by atoms with Crippen LogP contribution in [0.2, 0.25) is 0 Å². The Morgan fingerprint density at radius 3 is 2.12 bits per heavy atom. The third kappa shape index (κ3) is 8.14. The van der Waals surface area contributed by atoms with Crippen molar-refractivity contribution in [2.24, 2.45) is 21.0 Å². The number of thioether (sulfide) groups is 1. The second-order valence-electron chi connectivity index (χ2n) is 8.13. The largest absolute Gasteiger partial charge is 0.377 e. The molecule has 0 spiro atoms.